The zero-order valence-electron chi connectivity index (χ0n) is 7.50. The van der Waals surface area contributed by atoms with Crippen LogP contribution >= 0.6 is 22.6 Å². The number of nitrogens with zero attached hydrogens (tertiary/aromatic N) is 1. The van der Waals surface area contributed by atoms with E-state index in [1.165, 1.54) is 5.56 Å². The van der Waals surface area contributed by atoms with Crippen LogP contribution in [0.3, 0.4) is 0 Å². The molecular weight excluding hydrogens is 261 g/mol. The maximum atomic E-state index is 2.46. The van der Waals surface area contributed by atoms with Crippen molar-refractivity contribution < 1.29 is 0 Å². The van der Waals surface area contributed by atoms with E-state index in [1.54, 1.807) is 0 Å². The minimum Gasteiger partial charge on any atom is -0.298 e. The van der Waals surface area contributed by atoms with Gasteiger partial charge in [0.1, 0.15) is 0 Å². The van der Waals surface area contributed by atoms with E-state index < -0.39 is 0 Å². The van der Waals surface area contributed by atoms with E-state index in [4.69, 9.17) is 0 Å². The molecule has 1 rings (SSSR count). The second kappa shape index (κ2) is 4.82. The predicted octanol–water partition coefficient (Wildman–Crippen LogP) is 2.55. The zero-order valence-corrected chi connectivity index (χ0v) is 9.65. The van der Waals surface area contributed by atoms with Gasteiger partial charge in [-0.25, -0.2) is 0 Å². The molecule has 0 fully saturated rings. The molecule has 1 aromatic rings. The molecule has 12 heavy (non-hydrogen) atoms. The first-order valence-electron chi connectivity index (χ1n) is 4.04. The summed E-state index contributed by atoms with van der Waals surface area (Å²) in [5.74, 6) is 0. The summed E-state index contributed by atoms with van der Waals surface area (Å²) in [6.07, 6.45) is 1.12. The van der Waals surface area contributed by atoms with Crippen LogP contribution in [-0.4, -0.2) is 23.0 Å². The molecule has 0 N–H and O–H groups in total. The molecule has 1 unspecified atom stereocenters. The fourth-order valence-corrected chi connectivity index (χ4v) is 1.50. The molecule has 1 aromatic carbocycles. The van der Waals surface area contributed by atoms with E-state index in [-0.39, 0.29) is 0 Å². The molecule has 0 aliphatic rings. The average molecular weight is 275 g/mol. The Labute approximate surface area is 87.9 Å². The highest BCUT2D eigenvalue weighted by atomic mass is 127. The molecule has 0 aromatic heterocycles. The van der Waals surface area contributed by atoms with Crippen molar-refractivity contribution >= 4 is 22.6 Å². The summed E-state index contributed by atoms with van der Waals surface area (Å²) in [5.41, 5.74) is 1.41. The summed E-state index contributed by atoms with van der Waals surface area (Å²) in [7, 11) is 4.22. The van der Waals surface area contributed by atoms with Crippen LogP contribution in [0.4, 0.5) is 0 Å². The Hall–Kier alpha value is -0.0900. The van der Waals surface area contributed by atoms with E-state index in [9.17, 15) is 0 Å². The van der Waals surface area contributed by atoms with Crippen molar-refractivity contribution in [3.05, 3.63) is 35.9 Å². The third kappa shape index (κ3) is 3.11. The lowest BCUT2D eigenvalue weighted by molar-refractivity contribution is 0.396. The minimum atomic E-state index is 0.588. The fraction of sp³-hybridized carbons (Fsp3) is 0.400. The number of likely N-dealkylation sites (N-methyl/N-ethyl adjacent to an activating group) is 1. The summed E-state index contributed by atoms with van der Waals surface area (Å²) in [4.78, 5) is 2.23. The molecule has 1 atom stereocenters. The van der Waals surface area contributed by atoms with E-state index in [2.05, 4.69) is 71.9 Å². The first-order chi connectivity index (χ1) is 5.70. The van der Waals surface area contributed by atoms with Crippen LogP contribution in [0, 0.1) is 0 Å². The van der Waals surface area contributed by atoms with Crippen LogP contribution in [0.5, 0.6) is 0 Å². The molecule has 0 aliphatic carbocycles. The lowest BCUT2D eigenvalue weighted by Crippen LogP contribution is -2.23. The van der Waals surface area contributed by atoms with Crippen LogP contribution in [0.1, 0.15) is 5.56 Å². The van der Waals surface area contributed by atoms with Crippen LogP contribution in [-0.2, 0) is 6.42 Å². The standard InChI is InChI=1S/C10H14IN/c1-12(2)10(11)8-9-6-4-3-5-7-9/h3-7,10H,8H2,1-2H3. The Kier molecular flexibility index (Phi) is 4.01. The van der Waals surface area contributed by atoms with Gasteiger partial charge in [0.25, 0.3) is 0 Å². The Balaban J connectivity index is 2.53. The first-order valence-corrected chi connectivity index (χ1v) is 5.29. The molecule has 66 valence electrons. The molecule has 1 nitrogen and oxygen atoms in total. The Morgan fingerprint density at radius 1 is 1.25 bits per heavy atom. The summed E-state index contributed by atoms with van der Waals surface area (Å²) in [6.45, 7) is 0. The highest BCUT2D eigenvalue weighted by Gasteiger charge is 2.05. The molecule has 0 saturated heterocycles. The summed E-state index contributed by atoms with van der Waals surface area (Å²) < 4.78 is 0.588. The van der Waals surface area contributed by atoms with Crippen molar-refractivity contribution in [2.75, 3.05) is 14.1 Å². The topological polar surface area (TPSA) is 3.24 Å². The second-order valence-electron chi connectivity index (χ2n) is 3.09. The molecule has 0 radical (unpaired) electrons. The maximum Gasteiger partial charge on any atom is 0.0654 e. The number of benzene rings is 1. The number of rotatable bonds is 3. The van der Waals surface area contributed by atoms with Gasteiger partial charge in [-0.2, -0.15) is 0 Å². The van der Waals surface area contributed by atoms with Crippen LogP contribution < -0.4 is 0 Å². The van der Waals surface area contributed by atoms with Gasteiger partial charge >= 0.3 is 0 Å². The molecular formula is C10H14IN. The van der Waals surface area contributed by atoms with Crippen LogP contribution in [0.15, 0.2) is 30.3 Å². The van der Waals surface area contributed by atoms with E-state index in [0.717, 1.165) is 6.42 Å². The van der Waals surface area contributed by atoms with Gasteiger partial charge in [-0.05, 0) is 26.1 Å². The van der Waals surface area contributed by atoms with Gasteiger partial charge in [0.2, 0.25) is 0 Å². The summed E-state index contributed by atoms with van der Waals surface area (Å²) >= 11 is 2.46. The second-order valence-corrected chi connectivity index (χ2v) is 4.53. The van der Waals surface area contributed by atoms with Gasteiger partial charge < -0.3 is 0 Å². The van der Waals surface area contributed by atoms with Crippen LogP contribution in [0.25, 0.3) is 0 Å². The molecule has 0 spiro atoms. The highest BCUT2D eigenvalue weighted by molar-refractivity contribution is 14.1. The number of halogens is 1. The lowest BCUT2D eigenvalue weighted by Gasteiger charge is -2.17. The minimum absolute atomic E-state index is 0.588. The number of hydrogen-bond acceptors (Lipinski definition) is 1. The van der Waals surface area contributed by atoms with Gasteiger partial charge in [-0.15, -0.1) is 0 Å². The van der Waals surface area contributed by atoms with E-state index in [1.807, 2.05) is 0 Å². The van der Waals surface area contributed by atoms with Crippen molar-refractivity contribution in [3.63, 3.8) is 0 Å². The molecule has 0 saturated carbocycles. The summed E-state index contributed by atoms with van der Waals surface area (Å²) in [6, 6.07) is 10.6. The smallest absolute Gasteiger partial charge is 0.0654 e. The molecule has 0 heterocycles. The number of alkyl halides is 1. The predicted molar refractivity (Wildman–Crippen MR) is 61.6 cm³/mol. The largest absolute Gasteiger partial charge is 0.298 e. The maximum absolute atomic E-state index is 2.46. The van der Waals surface area contributed by atoms with Crippen LogP contribution in [0.2, 0.25) is 0 Å². The fourth-order valence-electron chi connectivity index (χ4n) is 0.991. The van der Waals surface area contributed by atoms with E-state index >= 15 is 0 Å². The van der Waals surface area contributed by atoms with Crippen molar-refractivity contribution in [2.45, 2.75) is 10.5 Å². The van der Waals surface area contributed by atoms with Crippen molar-refractivity contribution in [2.24, 2.45) is 0 Å². The SMILES string of the molecule is CN(C)C(I)Cc1ccccc1. The normalized spacial score (nSPS) is 13.3. The van der Waals surface area contributed by atoms with Crippen molar-refractivity contribution in [1.29, 1.82) is 0 Å². The quantitative estimate of drug-likeness (QED) is 0.465. The van der Waals surface area contributed by atoms with Crippen molar-refractivity contribution in [1.82, 2.24) is 4.90 Å². The lowest BCUT2D eigenvalue weighted by atomic mass is 10.1. The highest BCUT2D eigenvalue weighted by Crippen LogP contribution is 2.11. The summed E-state index contributed by atoms with van der Waals surface area (Å²) in [5, 5.41) is 0. The third-order valence-corrected chi connectivity index (χ3v) is 3.36. The average Bonchev–Trinajstić information content (AvgIpc) is 2.06. The first kappa shape index (κ1) is 9.99. The Morgan fingerprint density at radius 2 is 1.83 bits per heavy atom. The monoisotopic (exact) mass is 275 g/mol. The Bertz CT molecular complexity index is 221. The molecule has 2 heteroatoms. The third-order valence-electron chi connectivity index (χ3n) is 1.81. The zero-order chi connectivity index (χ0) is 8.97. The molecule has 0 aliphatic heterocycles. The Morgan fingerprint density at radius 3 is 2.33 bits per heavy atom. The molecule has 0 bridgehead atoms. The molecule has 0 amide bonds. The van der Waals surface area contributed by atoms with Gasteiger partial charge in [0.15, 0.2) is 0 Å². The van der Waals surface area contributed by atoms with Gasteiger partial charge in [0, 0.05) is 0 Å². The van der Waals surface area contributed by atoms with Gasteiger partial charge in [-0.1, -0.05) is 52.9 Å². The van der Waals surface area contributed by atoms with Crippen molar-refractivity contribution in [3.8, 4) is 0 Å². The van der Waals surface area contributed by atoms with E-state index in [0.29, 0.717) is 4.05 Å². The van der Waals surface area contributed by atoms with Gasteiger partial charge in [-0.3, -0.25) is 4.90 Å². The number of hydrogen-bond donors (Lipinski definition) is 0. The van der Waals surface area contributed by atoms with Gasteiger partial charge in [0.05, 0.1) is 4.05 Å².